The fourth-order valence-corrected chi connectivity index (χ4v) is 7.24. The predicted octanol–water partition coefficient (Wildman–Crippen LogP) is 8.33. The van der Waals surface area contributed by atoms with Gasteiger partial charge in [-0.2, -0.15) is 0 Å². The second kappa shape index (κ2) is 12.3. The first kappa shape index (κ1) is 31.5. The number of ether oxygens (including phenoxy) is 2. The zero-order chi connectivity index (χ0) is 35.4. The lowest BCUT2D eigenvalue weighted by Crippen LogP contribution is -2.12. The molecule has 0 radical (unpaired) electrons. The van der Waals surface area contributed by atoms with Gasteiger partial charge in [0.25, 0.3) is 0 Å². The van der Waals surface area contributed by atoms with Gasteiger partial charge in [-0.25, -0.2) is 0 Å². The molecule has 9 nitrogen and oxygen atoms in total. The Hall–Kier alpha value is -6.74. The molecule has 2 aliphatic heterocycles. The van der Waals surface area contributed by atoms with E-state index in [2.05, 4.69) is 0 Å². The van der Waals surface area contributed by atoms with Crippen molar-refractivity contribution in [1.29, 1.82) is 0 Å². The van der Waals surface area contributed by atoms with Gasteiger partial charge in [0, 0.05) is 23.3 Å². The molecule has 254 valence electrons. The summed E-state index contributed by atoms with van der Waals surface area (Å²) in [5.74, 6) is -0.400. The van der Waals surface area contributed by atoms with E-state index < -0.39 is 24.0 Å². The summed E-state index contributed by atoms with van der Waals surface area (Å²) >= 11 is 0. The molecule has 0 fully saturated rings. The fraction of sp³-hybridized carbons (Fsp3) is 0.0952. The van der Waals surface area contributed by atoms with Crippen molar-refractivity contribution in [2.24, 2.45) is 0 Å². The van der Waals surface area contributed by atoms with Gasteiger partial charge in [-0.3, -0.25) is 0 Å². The Morgan fingerprint density at radius 1 is 0.392 bits per heavy atom. The molecule has 2 heterocycles. The number of rotatable bonds is 6. The molecule has 0 aliphatic carbocycles. The highest BCUT2D eigenvalue weighted by Crippen LogP contribution is 2.58. The van der Waals surface area contributed by atoms with E-state index in [1.54, 1.807) is 91.0 Å². The molecule has 2 aliphatic rings. The molecular weight excluding hydrogens is 648 g/mol. The van der Waals surface area contributed by atoms with Crippen molar-refractivity contribution in [1.82, 2.24) is 0 Å². The molecule has 7 N–H and O–H groups in total. The smallest absolute Gasteiger partial charge is 0.135 e. The lowest BCUT2D eigenvalue weighted by atomic mass is 9.80. The van der Waals surface area contributed by atoms with Gasteiger partial charge in [-0.05, 0) is 100 Å². The maximum absolute atomic E-state index is 11.9. The third-order valence-corrected chi connectivity index (χ3v) is 9.47. The zero-order valence-corrected chi connectivity index (χ0v) is 26.9. The second-order valence-electron chi connectivity index (χ2n) is 12.8. The minimum absolute atomic E-state index is 0.00158. The largest absolute Gasteiger partial charge is 0.508 e. The lowest BCUT2D eigenvalue weighted by Gasteiger charge is -2.22. The molecule has 0 bridgehead atoms. The standard InChI is InChI=1S/C42H32O9/c43-28-9-2-22(3-10-28)1-4-25-15-33(48)21-36-37(25)38(41(51-36)23-5-11-29(44)12-6-23)27-18-34(49)40-35(19-27)50-42(24-7-13-30(45)14-8-24)39(40)26-16-31(46)20-32(47)17-26/h1-21,38-39,41-49H/b4-1-/t38-,39+,41+,42-/m0/s1. The monoisotopic (exact) mass is 680 g/mol. The van der Waals surface area contributed by atoms with Crippen LogP contribution < -0.4 is 9.47 Å². The first-order chi connectivity index (χ1) is 24.6. The van der Waals surface area contributed by atoms with Crippen LogP contribution in [0.4, 0.5) is 0 Å². The van der Waals surface area contributed by atoms with E-state index in [0.29, 0.717) is 39.3 Å². The SMILES string of the molecule is Oc1ccc(/C=C\c2cc(O)cc3c2[C@H](c2cc(O)c4c(c2)O[C@@H](c2ccc(O)cc2)[C@@H]4c2cc(O)cc(O)c2)[C@@H](c2ccc(O)cc2)O3)cc1. The molecule has 0 saturated heterocycles. The average Bonchev–Trinajstić information content (AvgIpc) is 3.68. The summed E-state index contributed by atoms with van der Waals surface area (Å²) in [5.41, 5.74) is 5.31. The number of hydrogen-bond donors (Lipinski definition) is 7. The van der Waals surface area contributed by atoms with Gasteiger partial charge in [-0.15, -0.1) is 0 Å². The van der Waals surface area contributed by atoms with Crippen LogP contribution in [0.15, 0.2) is 115 Å². The summed E-state index contributed by atoms with van der Waals surface area (Å²) in [5, 5.41) is 73.3. The Balaban J connectivity index is 1.29. The number of benzene rings is 6. The minimum atomic E-state index is -0.691. The summed E-state index contributed by atoms with van der Waals surface area (Å²) in [6.45, 7) is 0. The maximum atomic E-state index is 11.9. The van der Waals surface area contributed by atoms with Gasteiger partial charge in [0.05, 0.1) is 11.8 Å². The normalized spacial score (nSPS) is 19.0. The molecule has 0 amide bonds. The van der Waals surface area contributed by atoms with E-state index in [1.165, 1.54) is 18.2 Å². The molecule has 9 heteroatoms. The van der Waals surface area contributed by atoms with E-state index in [9.17, 15) is 35.7 Å². The molecule has 51 heavy (non-hydrogen) atoms. The summed E-state index contributed by atoms with van der Waals surface area (Å²) in [6.07, 6.45) is 2.40. The average molecular weight is 681 g/mol. The number of fused-ring (bicyclic) bond motifs is 2. The first-order valence-electron chi connectivity index (χ1n) is 16.3. The summed E-state index contributed by atoms with van der Waals surface area (Å²) in [4.78, 5) is 0. The van der Waals surface area contributed by atoms with Crippen LogP contribution in [-0.2, 0) is 0 Å². The molecule has 0 saturated carbocycles. The van der Waals surface area contributed by atoms with Gasteiger partial charge in [0.15, 0.2) is 0 Å². The van der Waals surface area contributed by atoms with Crippen LogP contribution in [0, 0.1) is 0 Å². The first-order valence-corrected chi connectivity index (χ1v) is 16.3. The van der Waals surface area contributed by atoms with Crippen LogP contribution in [-0.4, -0.2) is 35.7 Å². The molecule has 6 aromatic rings. The van der Waals surface area contributed by atoms with Crippen molar-refractivity contribution in [3.05, 3.63) is 160 Å². The van der Waals surface area contributed by atoms with Crippen LogP contribution in [0.1, 0.15) is 68.6 Å². The van der Waals surface area contributed by atoms with Crippen molar-refractivity contribution < 1.29 is 45.2 Å². The number of phenolic OH excluding ortho intramolecular Hbond substituents is 7. The summed E-state index contributed by atoms with van der Waals surface area (Å²) < 4.78 is 13.2. The Labute approximate surface area is 292 Å². The molecule has 6 aromatic carbocycles. The van der Waals surface area contributed by atoms with Crippen LogP contribution in [0.25, 0.3) is 12.2 Å². The van der Waals surface area contributed by atoms with E-state index in [1.807, 2.05) is 18.2 Å². The van der Waals surface area contributed by atoms with Crippen LogP contribution in [0.5, 0.6) is 51.7 Å². The second-order valence-corrected chi connectivity index (χ2v) is 12.8. The highest BCUT2D eigenvalue weighted by molar-refractivity contribution is 5.76. The molecular formula is C42H32O9. The van der Waals surface area contributed by atoms with Crippen molar-refractivity contribution >= 4 is 12.2 Å². The van der Waals surface area contributed by atoms with Crippen LogP contribution in [0.2, 0.25) is 0 Å². The van der Waals surface area contributed by atoms with Gasteiger partial charge in [0.2, 0.25) is 0 Å². The van der Waals surface area contributed by atoms with E-state index in [4.69, 9.17) is 9.47 Å². The van der Waals surface area contributed by atoms with Crippen molar-refractivity contribution in [3.63, 3.8) is 0 Å². The van der Waals surface area contributed by atoms with Crippen molar-refractivity contribution in [2.75, 3.05) is 0 Å². The highest BCUT2D eigenvalue weighted by Gasteiger charge is 2.43. The summed E-state index contributed by atoms with van der Waals surface area (Å²) in [7, 11) is 0. The Kier molecular flexibility index (Phi) is 7.60. The summed E-state index contributed by atoms with van der Waals surface area (Å²) in [6, 6.07) is 30.9. The van der Waals surface area contributed by atoms with Crippen LogP contribution >= 0.6 is 0 Å². The topological polar surface area (TPSA) is 160 Å². The molecule has 8 rings (SSSR count). The molecule has 0 unspecified atom stereocenters. The Morgan fingerprint density at radius 2 is 0.863 bits per heavy atom. The number of phenols is 7. The van der Waals surface area contributed by atoms with Crippen molar-refractivity contribution in [3.8, 4) is 51.7 Å². The van der Waals surface area contributed by atoms with Crippen LogP contribution in [0.3, 0.4) is 0 Å². The van der Waals surface area contributed by atoms with Gasteiger partial charge >= 0.3 is 0 Å². The van der Waals surface area contributed by atoms with E-state index in [-0.39, 0.29) is 40.2 Å². The van der Waals surface area contributed by atoms with Gasteiger partial charge in [-0.1, -0.05) is 48.6 Å². The third-order valence-electron chi connectivity index (χ3n) is 9.47. The zero-order valence-electron chi connectivity index (χ0n) is 26.9. The Morgan fingerprint density at radius 3 is 1.43 bits per heavy atom. The quantitative estimate of drug-likeness (QED) is 0.0858. The highest BCUT2D eigenvalue weighted by atomic mass is 16.5. The number of aromatic hydroxyl groups is 7. The lowest BCUT2D eigenvalue weighted by molar-refractivity contribution is 0.218. The van der Waals surface area contributed by atoms with E-state index >= 15 is 0 Å². The maximum Gasteiger partial charge on any atom is 0.135 e. The minimum Gasteiger partial charge on any atom is -0.508 e. The molecule has 0 spiro atoms. The fourth-order valence-electron chi connectivity index (χ4n) is 7.24. The predicted molar refractivity (Wildman–Crippen MR) is 190 cm³/mol. The van der Waals surface area contributed by atoms with E-state index in [0.717, 1.165) is 16.7 Å². The van der Waals surface area contributed by atoms with Gasteiger partial charge < -0.3 is 45.2 Å². The van der Waals surface area contributed by atoms with Gasteiger partial charge in [0.1, 0.15) is 64.0 Å². The Bertz CT molecular complexity index is 2270. The molecule has 0 aromatic heterocycles. The number of hydrogen-bond acceptors (Lipinski definition) is 9. The van der Waals surface area contributed by atoms with Crippen molar-refractivity contribution in [2.45, 2.75) is 24.0 Å². The third kappa shape index (κ3) is 5.84. The molecule has 4 atom stereocenters.